The molecule has 0 heterocycles. The zero-order valence-electron chi connectivity index (χ0n) is 9.54. The van der Waals surface area contributed by atoms with Gasteiger partial charge in [-0.3, -0.25) is 9.52 Å². The largest absolute Gasteiger partial charge is 0.480 e. The summed E-state index contributed by atoms with van der Waals surface area (Å²) in [5.74, 6) is -2.34. The zero-order valence-corrected chi connectivity index (χ0v) is 10.4. The van der Waals surface area contributed by atoms with Gasteiger partial charge in [0.05, 0.1) is 11.4 Å². The lowest BCUT2D eigenvalue weighted by Gasteiger charge is -2.17. The molecule has 0 atom stereocenters. The number of anilines is 2. The molecule has 94 valence electrons. The lowest BCUT2D eigenvalue weighted by molar-refractivity contribution is -0.134. The minimum atomic E-state index is -3.87. The quantitative estimate of drug-likeness (QED) is 0.806. The van der Waals surface area contributed by atoms with Crippen molar-refractivity contribution in [2.24, 2.45) is 0 Å². The molecule has 1 aromatic rings. The summed E-state index contributed by atoms with van der Waals surface area (Å²) >= 11 is 0. The van der Waals surface area contributed by atoms with Crippen molar-refractivity contribution in [2.45, 2.75) is 0 Å². The Kier molecular flexibility index (Phi) is 3.95. The van der Waals surface area contributed by atoms with Crippen LogP contribution < -0.4 is 9.62 Å². The van der Waals surface area contributed by atoms with E-state index in [4.69, 9.17) is 5.11 Å². The Morgan fingerprint density at radius 1 is 1.35 bits per heavy atom. The van der Waals surface area contributed by atoms with Gasteiger partial charge in [0.2, 0.25) is 10.0 Å². The molecular formula is C10H14N2O4S. The number of hydrogen-bond acceptors (Lipinski definition) is 4. The molecule has 0 saturated heterocycles. The van der Waals surface area contributed by atoms with Crippen molar-refractivity contribution in [1.29, 1.82) is 0 Å². The van der Waals surface area contributed by atoms with Crippen molar-refractivity contribution in [2.75, 3.05) is 29.5 Å². The number of hydrogen-bond donors (Lipinski definition) is 2. The molecule has 1 aromatic carbocycles. The summed E-state index contributed by atoms with van der Waals surface area (Å²) in [5, 5.41) is 8.48. The number of nitrogens with zero attached hydrogens (tertiary/aromatic N) is 1. The molecule has 0 amide bonds. The first-order valence-electron chi connectivity index (χ1n) is 4.80. The van der Waals surface area contributed by atoms with Crippen LogP contribution >= 0.6 is 0 Å². The van der Waals surface area contributed by atoms with E-state index in [1.807, 2.05) is 0 Å². The minimum Gasteiger partial charge on any atom is -0.480 e. The summed E-state index contributed by atoms with van der Waals surface area (Å²) in [5.41, 5.74) is 1.03. The second-order valence-electron chi connectivity index (χ2n) is 3.67. The van der Waals surface area contributed by atoms with E-state index >= 15 is 0 Å². The van der Waals surface area contributed by atoms with Crippen LogP contribution in [-0.2, 0) is 14.8 Å². The van der Waals surface area contributed by atoms with Gasteiger partial charge in [-0.25, -0.2) is 8.42 Å². The molecule has 0 aromatic heterocycles. The molecule has 0 spiro atoms. The van der Waals surface area contributed by atoms with Crippen LogP contribution in [0.3, 0.4) is 0 Å². The fourth-order valence-corrected chi connectivity index (χ4v) is 2.22. The highest BCUT2D eigenvalue weighted by molar-refractivity contribution is 7.93. The van der Waals surface area contributed by atoms with Crippen molar-refractivity contribution >= 4 is 27.4 Å². The average Bonchev–Trinajstić information content (AvgIpc) is 2.14. The third-order valence-electron chi connectivity index (χ3n) is 1.96. The monoisotopic (exact) mass is 258 g/mol. The van der Waals surface area contributed by atoms with Gasteiger partial charge in [-0.1, -0.05) is 12.1 Å². The second kappa shape index (κ2) is 5.05. The Labute approximate surface area is 99.9 Å². The maximum absolute atomic E-state index is 11.5. The Morgan fingerprint density at radius 3 is 2.47 bits per heavy atom. The van der Waals surface area contributed by atoms with E-state index < -0.39 is 21.7 Å². The van der Waals surface area contributed by atoms with Gasteiger partial charge in [0, 0.05) is 14.1 Å². The van der Waals surface area contributed by atoms with E-state index in [9.17, 15) is 13.2 Å². The van der Waals surface area contributed by atoms with Crippen molar-refractivity contribution in [1.82, 2.24) is 0 Å². The normalized spacial score (nSPS) is 10.9. The number of carboxylic acid groups (broad SMARTS) is 1. The molecule has 0 bridgehead atoms. The van der Waals surface area contributed by atoms with Crippen LogP contribution in [0, 0.1) is 0 Å². The molecule has 1 rings (SSSR count). The highest BCUT2D eigenvalue weighted by atomic mass is 32.2. The van der Waals surface area contributed by atoms with E-state index in [0.717, 1.165) is 0 Å². The van der Waals surface area contributed by atoms with Gasteiger partial charge in [-0.2, -0.15) is 0 Å². The standard InChI is InChI=1S/C10H14N2O4S/c1-12(2)9-6-4-3-5-8(9)11-17(15,16)7-10(13)14/h3-6,11H,7H2,1-2H3,(H,13,14). The fraction of sp³-hybridized carbons (Fsp3) is 0.300. The summed E-state index contributed by atoms with van der Waals surface area (Å²) in [6.45, 7) is 0. The predicted octanol–water partition coefficient (Wildman–Crippen LogP) is 0.579. The van der Waals surface area contributed by atoms with E-state index in [1.165, 1.54) is 0 Å². The van der Waals surface area contributed by atoms with Crippen molar-refractivity contribution in [3.05, 3.63) is 24.3 Å². The second-order valence-corrected chi connectivity index (χ2v) is 5.39. The van der Waals surface area contributed by atoms with Crippen molar-refractivity contribution in [3.8, 4) is 0 Å². The van der Waals surface area contributed by atoms with Gasteiger partial charge in [-0.05, 0) is 12.1 Å². The maximum atomic E-state index is 11.5. The maximum Gasteiger partial charge on any atom is 0.320 e. The first-order valence-corrected chi connectivity index (χ1v) is 6.46. The van der Waals surface area contributed by atoms with Gasteiger partial charge in [0.15, 0.2) is 5.75 Å². The van der Waals surface area contributed by atoms with Crippen LogP contribution in [0.25, 0.3) is 0 Å². The Hall–Kier alpha value is -1.76. The number of carboxylic acids is 1. The third kappa shape index (κ3) is 3.95. The molecule has 0 aliphatic rings. The lowest BCUT2D eigenvalue weighted by Crippen LogP contribution is -2.23. The molecule has 0 unspecified atom stereocenters. The zero-order chi connectivity index (χ0) is 13.1. The molecule has 0 aliphatic carbocycles. The molecule has 17 heavy (non-hydrogen) atoms. The van der Waals surface area contributed by atoms with Crippen LogP contribution in [0.15, 0.2) is 24.3 Å². The number of rotatable bonds is 5. The Morgan fingerprint density at radius 2 is 1.94 bits per heavy atom. The number of carbonyl (C=O) groups is 1. The Balaban J connectivity index is 2.99. The van der Waals surface area contributed by atoms with Gasteiger partial charge >= 0.3 is 5.97 Å². The fourth-order valence-electron chi connectivity index (χ4n) is 1.32. The van der Waals surface area contributed by atoms with E-state index in [-0.39, 0.29) is 0 Å². The lowest BCUT2D eigenvalue weighted by atomic mass is 10.2. The van der Waals surface area contributed by atoms with Crippen LogP contribution in [0.5, 0.6) is 0 Å². The predicted molar refractivity (Wildman–Crippen MR) is 65.8 cm³/mol. The molecule has 0 saturated carbocycles. The van der Waals surface area contributed by atoms with Crippen LogP contribution in [0.1, 0.15) is 0 Å². The smallest absolute Gasteiger partial charge is 0.320 e. The minimum absolute atomic E-state index is 0.360. The van der Waals surface area contributed by atoms with E-state index in [0.29, 0.717) is 11.4 Å². The molecular weight excluding hydrogens is 244 g/mol. The first-order chi connectivity index (χ1) is 7.82. The first kappa shape index (κ1) is 13.3. The average molecular weight is 258 g/mol. The van der Waals surface area contributed by atoms with Crippen molar-refractivity contribution in [3.63, 3.8) is 0 Å². The van der Waals surface area contributed by atoms with Gasteiger partial charge in [0.1, 0.15) is 0 Å². The number of aliphatic carboxylic acids is 1. The summed E-state index contributed by atoms with van der Waals surface area (Å²) < 4.78 is 25.2. The van der Waals surface area contributed by atoms with Gasteiger partial charge in [-0.15, -0.1) is 0 Å². The third-order valence-corrected chi connectivity index (χ3v) is 3.12. The van der Waals surface area contributed by atoms with Crippen LogP contribution in [0.2, 0.25) is 0 Å². The Bertz CT molecular complexity index is 511. The molecule has 7 heteroatoms. The van der Waals surface area contributed by atoms with Crippen LogP contribution in [-0.4, -0.2) is 39.3 Å². The van der Waals surface area contributed by atoms with E-state index in [1.54, 1.807) is 43.3 Å². The number of sulfonamides is 1. The van der Waals surface area contributed by atoms with Gasteiger partial charge in [0.25, 0.3) is 0 Å². The highest BCUT2D eigenvalue weighted by Crippen LogP contribution is 2.24. The number of benzene rings is 1. The van der Waals surface area contributed by atoms with Crippen molar-refractivity contribution < 1.29 is 18.3 Å². The summed E-state index contributed by atoms with van der Waals surface area (Å²) in [4.78, 5) is 12.1. The SMILES string of the molecule is CN(C)c1ccccc1NS(=O)(=O)CC(=O)O. The van der Waals surface area contributed by atoms with Crippen LogP contribution in [0.4, 0.5) is 11.4 Å². The molecule has 2 N–H and O–H groups in total. The highest BCUT2D eigenvalue weighted by Gasteiger charge is 2.17. The molecule has 0 aliphatic heterocycles. The number of para-hydroxylation sites is 2. The summed E-state index contributed by atoms with van der Waals surface area (Å²) in [7, 11) is -0.330. The molecule has 0 fully saturated rings. The topological polar surface area (TPSA) is 86.7 Å². The van der Waals surface area contributed by atoms with Gasteiger partial charge < -0.3 is 10.0 Å². The van der Waals surface area contributed by atoms with E-state index in [2.05, 4.69) is 4.72 Å². The number of nitrogens with one attached hydrogen (secondary N) is 1. The molecule has 6 nitrogen and oxygen atoms in total. The summed E-state index contributed by atoms with van der Waals surface area (Å²) in [6, 6.07) is 6.75. The molecule has 0 radical (unpaired) electrons. The summed E-state index contributed by atoms with van der Waals surface area (Å²) in [6.07, 6.45) is 0.